The Morgan fingerprint density at radius 3 is 2.62 bits per heavy atom. The summed E-state index contributed by atoms with van der Waals surface area (Å²) in [5, 5.41) is 0. The Kier molecular flexibility index (Phi) is 3.31. The summed E-state index contributed by atoms with van der Waals surface area (Å²) in [6.07, 6.45) is 3.05. The van der Waals surface area contributed by atoms with E-state index in [-0.39, 0.29) is 11.6 Å². The zero-order valence-corrected chi connectivity index (χ0v) is 11.5. The van der Waals surface area contributed by atoms with Crippen LogP contribution in [0.2, 0.25) is 0 Å². The average Bonchev–Trinajstić information content (AvgIpc) is 2.80. The number of fused-ring (bicyclic) bond motifs is 1. The van der Waals surface area contributed by atoms with Crippen LogP contribution < -0.4 is 4.90 Å². The Hall–Kier alpha value is -2.82. The van der Waals surface area contributed by atoms with E-state index < -0.39 is 5.91 Å². The van der Waals surface area contributed by atoms with E-state index in [1.165, 1.54) is 12.4 Å². The fourth-order valence-electron chi connectivity index (χ4n) is 2.34. The number of benzene rings is 1. The van der Waals surface area contributed by atoms with Crippen molar-refractivity contribution in [3.63, 3.8) is 0 Å². The largest absolute Gasteiger partial charge is 0.307 e. The zero-order valence-electron chi connectivity index (χ0n) is 11.5. The lowest BCUT2D eigenvalue weighted by atomic mass is 10.1. The molecule has 0 spiro atoms. The lowest BCUT2D eigenvalue weighted by Gasteiger charge is -2.12. The van der Waals surface area contributed by atoms with Crippen LogP contribution in [0.5, 0.6) is 0 Å². The Balaban J connectivity index is 2.05. The maximum absolute atomic E-state index is 12.4. The van der Waals surface area contributed by atoms with Crippen LogP contribution in [0.15, 0.2) is 53.8 Å². The van der Waals surface area contributed by atoms with Crippen LogP contribution in [-0.2, 0) is 4.79 Å². The summed E-state index contributed by atoms with van der Waals surface area (Å²) < 4.78 is 0. The molecule has 2 heterocycles. The van der Waals surface area contributed by atoms with E-state index in [2.05, 4.69) is 9.98 Å². The third-order valence-electron chi connectivity index (χ3n) is 3.35. The van der Waals surface area contributed by atoms with Gasteiger partial charge in [0.1, 0.15) is 5.71 Å². The molecule has 0 N–H and O–H groups in total. The van der Waals surface area contributed by atoms with Crippen LogP contribution in [0.4, 0.5) is 5.69 Å². The number of likely N-dealkylation sites (N-methyl/N-ethyl adjacent to an activating group) is 1. The molecule has 2 aromatic rings. The Morgan fingerprint density at radius 2 is 1.90 bits per heavy atom. The van der Waals surface area contributed by atoms with Crippen molar-refractivity contribution in [3.8, 4) is 0 Å². The molecule has 21 heavy (non-hydrogen) atoms. The highest BCUT2D eigenvalue weighted by Gasteiger charge is 2.33. The number of rotatable bonds is 2. The molecule has 2 amide bonds. The van der Waals surface area contributed by atoms with Gasteiger partial charge in [-0.05, 0) is 25.1 Å². The predicted octanol–water partition coefficient (Wildman–Crippen LogP) is 2.08. The third-order valence-corrected chi connectivity index (χ3v) is 3.35. The molecule has 0 fully saturated rings. The summed E-state index contributed by atoms with van der Waals surface area (Å²) in [6, 6.07) is 10.5. The molecular formula is C16H13N3O2. The van der Waals surface area contributed by atoms with Crippen molar-refractivity contribution in [2.45, 2.75) is 6.92 Å². The molecule has 3 rings (SSSR count). The second kappa shape index (κ2) is 5.28. The van der Waals surface area contributed by atoms with Gasteiger partial charge < -0.3 is 4.90 Å². The molecule has 1 aliphatic rings. The van der Waals surface area contributed by atoms with Crippen molar-refractivity contribution < 1.29 is 9.59 Å². The number of amides is 2. The molecule has 0 aliphatic carbocycles. The minimum Gasteiger partial charge on any atom is -0.307 e. The van der Waals surface area contributed by atoms with E-state index >= 15 is 0 Å². The monoisotopic (exact) mass is 279 g/mol. The van der Waals surface area contributed by atoms with Gasteiger partial charge in [-0.2, -0.15) is 0 Å². The Morgan fingerprint density at radius 1 is 1.19 bits per heavy atom. The van der Waals surface area contributed by atoms with Gasteiger partial charge in [-0.1, -0.05) is 18.2 Å². The lowest BCUT2D eigenvalue weighted by molar-refractivity contribution is -0.112. The van der Waals surface area contributed by atoms with E-state index in [0.717, 1.165) is 5.69 Å². The van der Waals surface area contributed by atoms with Crippen molar-refractivity contribution in [1.29, 1.82) is 0 Å². The quantitative estimate of drug-likeness (QED) is 0.845. The van der Waals surface area contributed by atoms with Crippen LogP contribution in [0, 0.1) is 0 Å². The van der Waals surface area contributed by atoms with Gasteiger partial charge in [-0.15, -0.1) is 0 Å². The average molecular weight is 279 g/mol. The van der Waals surface area contributed by atoms with Crippen molar-refractivity contribution in [3.05, 3.63) is 59.9 Å². The molecule has 0 unspecified atom stereocenters. The Bertz CT molecular complexity index is 738. The second-order valence-corrected chi connectivity index (χ2v) is 4.57. The fourth-order valence-corrected chi connectivity index (χ4v) is 2.34. The number of aromatic nitrogens is 1. The highest BCUT2D eigenvalue weighted by molar-refractivity contribution is 6.55. The maximum atomic E-state index is 12.4. The number of carbonyl (C=O) groups excluding carboxylic acids is 2. The highest BCUT2D eigenvalue weighted by Crippen LogP contribution is 2.28. The zero-order chi connectivity index (χ0) is 14.8. The summed E-state index contributed by atoms with van der Waals surface area (Å²) >= 11 is 0. The van der Waals surface area contributed by atoms with Gasteiger partial charge in [0.15, 0.2) is 0 Å². The summed E-state index contributed by atoms with van der Waals surface area (Å²) in [6.45, 7) is 2.43. The van der Waals surface area contributed by atoms with E-state index in [0.29, 0.717) is 17.7 Å². The van der Waals surface area contributed by atoms with Crippen LogP contribution in [-0.4, -0.2) is 29.1 Å². The van der Waals surface area contributed by atoms with Crippen LogP contribution in [0.3, 0.4) is 0 Å². The standard InChI is InChI=1S/C16H13N3O2/c1-2-19-13-6-4-3-5-12(13)14(16(19)21)18-15(20)11-7-9-17-10-8-11/h3-10H,2H2,1H3/b18-14-. The van der Waals surface area contributed by atoms with Crippen molar-refractivity contribution in [1.82, 2.24) is 4.98 Å². The number of nitrogens with zero attached hydrogens (tertiary/aromatic N) is 3. The summed E-state index contributed by atoms with van der Waals surface area (Å²) in [5.41, 5.74) is 2.12. The topological polar surface area (TPSA) is 62.6 Å². The normalized spacial score (nSPS) is 15.4. The molecule has 5 heteroatoms. The minimum absolute atomic E-state index is 0.203. The molecular weight excluding hydrogens is 266 g/mol. The van der Waals surface area contributed by atoms with Gasteiger partial charge in [0.25, 0.3) is 11.8 Å². The first-order valence-corrected chi connectivity index (χ1v) is 6.66. The first kappa shape index (κ1) is 13.2. The SMILES string of the molecule is CCN1C(=O)/C(=N\C(=O)c2ccncc2)c2ccccc21. The van der Waals surface area contributed by atoms with Crippen LogP contribution >= 0.6 is 0 Å². The molecule has 1 aromatic heterocycles. The first-order valence-electron chi connectivity index (χ1n) is 6.66. The fraction of sp³-hybridized carbons (Fsp3) is 0.125. The summed E-state index contributed by atoms with van der Waals surface area (Å²) in [7, 11) is 0. The van der Waals surface area contributed by atoms with E-state index in [9.17, 15) is 9.59 Å². The minimum atomic E-state index is -0.437. The molecule has 5 nitrogen and oxygen atoms in total. The van der Waals surface area contributed by atoms with Crippen molar-refractivity contribution in [2.24, 2.45) is 4.99 Å². The Labute approximate surface area is 122 Å². The third kappa shape index (κ3) is 2.23. The smallest absolute Gasteiger partial charge is 0.277 e. The first-order chi connectivity index (χ1) is 10.2. The molecule has 1 aromatic carbocycles. The molecule has 0 atom stereocenters. The van der Waals surface area contributed by atoms with E-state index in [1.807, 2.05) is 31.2 Å². The van der Waals surface area contributed by atoms with E-state index in [4.69, 9.17) is 0 Å². The van der Waals surface area contributed by atoms with Gasteiger partial charge >= 0.3 is 0 Å². The van der Waals surface area contributed by atoms with Gasteiger partial charge in [0, 0.05) is 30.1 Å². The number of hydrogen-bond donors (Lipinski definition) is 0. The highest BCUT2D eigenvalue weighted by atomic mass is 16.2. The number of aliphatic imine (C=N–C) groups is 1. The molecule has 0 bridgehead atoms. The number of carbonyl (C=O) groups is 2. The maximum Gasteiger partial charge on any atom is 0.277 e. The van der Waals surface area contributed by atoms with Crippen molar-refractivity contribution in [2.75, 3.05) is 11.4 Å². The molecule has 0 radical (unpaired) electrons. The second-order valence-electron chi connectivity index (χ2n) is 4.57. The van der Waals surface area contributed by atoms with Gasteiger partial charge in [-0.3, -0.25) is 14.6 Å². The molecule has 104 valence electrons. The summed E-state index contributed by atoms with van der Waals surface area (Å²) in [4.78, 5) is 34.1. The number of anilines is 1. The number of hydrogen-bond acceptors (Lipinski definition) is 3. The molecule has 0 saturated heterocycles. The van der Waals surface area contributed by atoms with Crippen LogP contribution in [0.1, 0.15) is 22.8 Å². The lowest BCUT2D eigenvalue weighted by Crippen LogP contribution is -2.30. The van der Waals surface area contributed by atoms with Gasteiger partial charge in [0.05, 0.1) is 5.69 Å². The van der Waals surface area contributed by atoms with Crippen molar-refractivity contribution >= 4 is 23.2 Å². The predicted molar refractivity (Wildman–Crippen MR) is 79.6 cm³/mol. The van der Waals surface area contributed by atoms with Crippen LogP contribution in [0.25, 0.3) is 0 Å². The summed E-state index contributed by atoms with van der Waals surface area (Å²) in [5.74, 6) is -0.672. The molecule has 0 saturated carbocycles. The number of para-hydroxylation sites is 1. The molecule has 1 aliphatic heterocycles. The number of pyridine rings is 1. The van der Waals surface area contributed by atoms with Gasteiger partial charge in [-0.25, -0.2) is 4.99 Å². The van der Waals surface area contributed by atoms with Gasteiger partial charge in [0.2, 0.25) is 0 Å². The van der Waals surface area contributed by atoms with E-state index in [1.54, 1.807) is 17.0 Å².